The van der Waals surface area contributed by atoms with Crippen LogP contribution in [0.5, 0.6) is 0 Å². The van der Waals surface area contributed by atoms with Gasteiger partial charge in [-0.2, -0.15) is 0 Å². The van der Waals surface area contributed by atoms with Crippen molar-refractivity contribution < 1.29 is 4.79 Å². The molecule has 82 valence electrons. The van der Waals surface area contributed by atoms with Gasteiger partial charge in [0.15, 0.2) is 0 Å². The van der Waals surface area contributed by atoms with Crippen LogP contribution in [0.2, 0.25) is 0 Å². The molecule has 0 aliphatic heterocycles. The van der Waals surface area contributed by atoms with Crippen LogP contribution in [0, 0.1) is 11.8 Å². The predicted molar refractivity (Wildman–Crippen MR) is 57.8 cm³/mol. The summed E-state index contributed by atoms with van der Waals surface area (Å²) in [6.07, 6.45) is 3.08. The first kappa shape index (κ1) is 11.5. The molecular weight excluding hydrogens is 176 g/mol. The fraction of sp³-hybridized carbons (Fsp3) is 0.909. The average Bonchev–Trinajstić information content (AvgIpc) is 2.10. The molecule has 3 nitrogen and oxygen atoms in total. The Morgan fingerprint density at radius 3 is 2.64 bits per heavy atom. The Bertz CT molecular complexity index is 217. The molecule has 0 aromatic rings. The highest BCUT2D eigenvalue weighted by molar-refractivity contribution is 5.85. The van der Waals surface area contributed by atoms with Crippen LogP contribution in [0.4, 0.5) is 0 Å². The highest BCUT2D eigenvalue weighted by atomic mass is 16.1. The highest BCUT2D eigenvalue weighted by Crippen LogP contribution is 2.36. The Morgan fingerprint density at radius 1 is 1.57 bits per heavy atom. The van der Waals surface area contributed by atoms with E-state index in [1.807, 2.05) is 6.92 Å². The zero-order valence-corrected chi connectivity index (χ0v) is 9.47. The van der Waals surface area contributed by atoms with Gasteiger partial charge >= 0.3 is 0 Å². The Kier molecular flexibility index (Phi) is 3.53. The lowest BCUT2D eigenvalue weighted by molar-refractivity contribution is -0.128. The van der Waals surface area contributed by atoms with Gasteiger partial charge in [0, 0.05) is 0 Å². The number of nitrogens with one attached hydrogen (secondary N) is 1. The number of primary amides is 1. The summed E-state index contributed by atoms with van der Waals surface area (Å²) in [6.45, 7) is 7.20. The molecule has 1 aliphatic rings. The van der Waals surface area contributed by atoms with E-state index in [0.717, 1.165) is 31.7 Å². The lowest BCUT2D eigenvalue weighted by atomic mass is 9.69. The van der Waals surface area contributed by atoms with Gasteiger partial charge in [-0.1, -0.05) is 20.8 Å². The van der Waals surface area contributed by atoms with Crippen molar-refractivity contribution in [1.29, 1.82) is 0 Å². The Hall–Kier alpha value is -0.570. The van der Waals surface area contributed by atoms with Crippen LogP contribution < -0.4 is 11.1 Å². The number of hydrogen-bond donors (Lipinski definition) is 2. The van der Waals surface area contributed by atoms with Gasteiger partial charge in [0.25, 0.3) is 0 Å². The summed E-state index contributed by atoms with van der Waals surface area (Å²) >= 11 is 0. The van der Waals surface area contributed by atoms with Gasteiger partial charge in [-0.25, -0.2) is 0 Å². The van der Waals surface area contributed by atoms with Crippen molar-refractivity contribution in [3.05, 3.63) is 0 Å². The molecule has 1 amide bonds. The Balaban J connectivity index is 2.81. The van der Waals surface area contributed by atoms with E-state index >= 15 is 0 Å². The summed E-state index contributed by atoms with van der Waals surface area (Å²) in [5.41, 5.74) is 5.08. The van der Waals surface area contributed by atoms with Crippen molar-refractivity contribution >= 4 is 5.91 Å². The topological polar surface area (TPSA) is 55.1 Å². The average molecular weight is 198 g/mol. The molecule has 3 unspecified atom stereocenters. The summed E-state index contributed by atoms with van der Waals surface area (Å²) < 4.78 is 0. The van der Waals surface area contributed by atoms with Gasteiger partial charge in [0.1, 0.15) is 5.54 Å². The highest BCUT2D eigenvalue weighted by Gasteiger charge is 2.44. The smallest absolute Gasteiger partial charge is 0.238 e. The molecule has 14 heavy (non-hydrogen) atoms. The number of carbonyl (C=O) groups excluding carboxylic acids is 1. The standard InChI is InChI=1S/C11H22N2O/c1-4-13-11(10(12)14)6-5-8(2)7-9(11)3/h8-9,13H,4-7H2,1-3H3,(H2,12,14). The minimum Gasteiger partial charge on any atom is -0.368 e. The minimum absolute atomic E-state index is 0.182. The van der Waals surface area contributed by atoms with Crippen LogP contribution in [-0.4, -0.2) is 18.0 Å². The normalized spacial score (nSPS) is 38.2. The third-order valence-electron chi connectivity index (χ3n) is 3.56. The number of likely N-dealkylation sites (N-methyl/N-ethyl adjacent to an activating group) is 1. The monoisotopic (exact) mass is 198 g/mol. The largest absolute Gasteiger partial charge is 0.368 e. The van der Waals surface area contributed by atoms with E-state index in [9.17, 15) is 4.79 Å². The summed E-state index contributed by atoms with van der Waals surface area (Å²) in [5, 5.41) is 3.29. The molecule has 1 rings (SSSR count). The van der Waals surface area contributed by atoms with Crippen LogP contribution in [0.15, 0.2) is 0 Å². The molecule has 0 aromatic heterocycles. The van der Waals surface area contributed by atoms with Gasteiger partial charge in [-0.3, -0.25) is 4.79 Å². The van der Waals surface area contributed by atoms with Crippen LogP contribution in [0.25, 0.3) is 0 Å². The number of nitrogens with two attached hydrogens (primary N) is 1. The van der Waals surface area contributed by atoms with Crippen LogP contribution in [0.1, 0.15) is 40.0 Å². The van der Waals surface area contributed by atoms with Crippen molar-refractivity contribution in [2.75, 3.05) is 6.54 Å². The second-order valence-electron chi connectivity index (χ2n) is 4.65. The second kappa shape index (κ2) is 4.30. The maximum atomic E-state index is 11.5. The summed E-state index contributed by atoms with van der Waals surface area (Å²) in [4.78, 5) is 11.5. The zero-order valence-electron chi connectivity index (χ0n) is 9.47. The number of carbonyl (C=O) groups is 1. The molecule has 0 bridgehead atoms. The van der Waals surface area contributed by atoms with Crippen LogP contribution in [-0.2, 0) is 4.79 Å². The lowest BCUT2D eigenvalue weighted by Gasteiger charge is -2.42. The Morgan fingerprint density at radius 2 is 2.21 bits per heavy atom. The first-order valence-electron chi connectivity index (χ1n) is 5.58. The van der Waals surface area contributed by atoms with E-state index in [0.29, 0.717) is 5.92 Å². The van der Waals surface area contributed by atoms with Crippen LogP contribution in [0.3, 0.4) is 0 Å². The first-order chi connectivity index (χ1) is 6.53. The van der Waals surface area contributed by atoms with E-state index in [1.54, 1.807) is 0 Å². The SMILES string of the molecule is CCNC1(C(N)=O)CCC(C)CC1C. The molecule has 3 heteroatoms. The van der Waals surface area contributed by atoms with Gasteiger partial charge in [-0.05, 0) is 37.6 Å². The maximum absolute atomic E-state index is 11.5. The van der Waals surface area contributed by atoms with Gasteiger partial charge in [0.2, 0.25) is 5.91 Å². The summed E-state index contributed by atoms with van der Waals surface area (Å²) in [6, 6.07) is 0. The third-order valence-corrected chi connectivity index (χ3v) is 3.56. The maximum Gasteiger partial charge on any atom is 0.238 e. The molecule has 3 atom stereocenters. The number of rotatable bonds is 3. The molecule has 1 saturated carbocycles. The van der Waals surface area contributed by atoms with Crippen molar-refractivity contribution in [3.63, 3.8) is 0 Å². The molecule has 3 N–H and O–H groups in total. The number of hydrogen-bond acceptors (Lipinski definition) is 2. The van der Waals surface area contributed by atoms with E-state index in [1.165, 1.54) is 0 Å². The molecule has 0 spiro atoms. The van der Waals surface area contributed by atoms with Gasteiger partial charge in [0.05, 0.1) is 0 Å². The number of amides is 1. The van der Waals surface area contributed by atoms with Crippen molar-refractivity contribution in [2.45, 2.75) is 45.6 Å². The molecule has 0 radical (unpaired) electrons. The molecular formula is C11H22N2O. The van der Waals surface area contributed by atoms with Crippen molar-refractivity contribution in [1.82, 2.24) is 5.32 Å². The molecule has 0 saturated heterocycles. The van der Waals surface area contributed by atoms with Crippen molar-refractivity contribution in [2.24, 2.45) is 17.6 Å². The fourth-order valence-electron chi connectivity index (χ4n) is 2.67. The quantitative estimate of drug-likeness (QED) is 0.717. The van der Waals surface area contributed by atoms with E-state index < -0.39 is 5.54 Å². The third kappa shape index (κ3) is 1.92. The summed E-state index contributed by atoms with van der Waals surface area (Å²) in [5.74, 6) is 0.888. The van der Waals surface area contributed by atoms with E-state index in [2.05, 4.69) is 19.2 Å². The van der Waals surface area contributed by atoms with E-state index in [4.69, 9.17) is 5.73 Å². The molecule has 1 fully saturated rings. The van der Waals surface area contributed by atoms with Gasteiger partial charge in [-0.15, -0.1) is 0 Å². The molecule has 0 heterocycles. The second-order valence-corrected chi connectivity index (χ2v) is 4.65. The van der Waals surface area contributed by atoms with E-state index in [-0.39, 0.29) is 5.91 Å². The fourth-order valence-corrected chi connectivity index (χ4v) is 2.67. The molecule has 0 aromatic carbocycles. The van der Waals surface area contributed by atoms with Gasteiger partial charge < -0.3 is 11.1 Å². The van der Waals surface area contributed by atoms with Crippen LogP contribution >= 0.6 is 0 Å². The molecule has 1 aliphatic carbocycles. The summed E-state index contributed by atoms with van der Waals surface area (Å²) in [7, 11) is 0. The zero-order chi connectivity index (χ0) is 10.8. The first-order valence-corrected chi connectivity index (χ1v) is 5.58. The predicted octanol–water partition coefficient (Wildman–Crippen LogP) is 1.28. The minimum atomic E-state index is -0.443. The van der Waals surface area contributed by atoms with Crippen molar-refractivity contribution in [3.8, 4) is 0 Å². The Labute approximate surface area is 86.4 Å². The lowest BCUT2D eigenvalue weighted by Crippen LogP contribution is -2.61.